The number of sulfonamides is 1. The fraction of sp³-hybridized carbons (Fsp3) is 0.429. The molecule has 206 valence electrons. The summed E-state index contributed by atoms with van der Waals surface area (Å²) in [6.45, 7) is 5.57. The lowest BCUT2D eigenvalue weighted by Gasteiger charge is -2.16. The van der Waals surface area contributed by atoms with Crippen LogP contribution in [0.25, 0.3) is 11.3 Å². The van der Waals surface area contributed by atoms with E-state index in [0.717, 1.165) is 23.1 Å². The second-order valence-electron chi connectivity index (χ2n) is 9.93. The lowest BCUT2D eigenvalue weighted by Crippen LogP contribution is -2.27. The van der Waals surface area contributed by atoms with Crippen molar-refractivity contribution in [1.82, 2.24) is 14.3 Å². The molecule has 0 amide bonds. The molecule has 0 aliphatic rings. The van der Waals surface area contributed by atoms with Gasteiger partial charge in [0.1, 0.15) is 11.6 Å². The van der Waals surface area contributed by atoms with Crippen LogP contribution in [-0.2, 0) is 23.5 Å². The van der Waals surface area contributed by atoms with Crippen LogP contribution in [0.4, 0.5) is 0 Å². The van der Waals surface area contributed by atoms with Crippen molar-refractivity contribution in [2.75, 3.05) is 12.9 Å². The lowest BCUT2D eigenvalue weighted by molar-refractivity contribution is 0.0953. The standard InChI is InChI=1S/C28H36ClN3O5S/c1-18(2)37-27-11-10-23(16-24(27)29)26(34)15-21(12-13-33)14-20-6-8-22(9-7-20)25-17-32(4)28(30-25)19(3)31-38(5,35)36/h6-11,16-19,21,31,33H,12-15H2,1-5H3/t19?,21-/m1/s1. The molecular formula is C28H36ClN3O5S. The molecule has 8 nitrogen and oxygen atoms in total. The predicted molar refractivity (Wildman–Crippen MR) is 150 cm³/mol. The van der Waals surface area contributed by atoms with E-state index < -0.39 is 16.1 Å². The van der Waals surface area contributed by atoms with E-state index in [1.165, 1.54) is 0 Å². The average Bonchev–Trinajstić information content (AvgIpc) is 3.21. The highest BCUT2D eigenvalue weighted by atomic mass is 35.5. The van der Waals surface area contributed by atoms with E-state index in [4.69, 9.17) is 16.3 Å². The molecule has 0 aliphatic carbocycles. The highest BCUT2D eigenvalue weighted by molar-refractivity contribution is 7.88. The van der Waals surface area contributed by atoms with Crippen molar-refractivity contribution < 1.29 is 23.1 Å². The van der Waals surface area contributed by atoms with Crippen molar-refractivity contribution in [3.63, 3.8) is 0 Å². The first kappa shape index (κ1) is 29.8. The summed E-state index contributed by atoms with van der Waals surface area (Å²) in [5, 5.41) is 10.00. The molecule has 2 atom stereocenters. The third-order valence-electron chi connectivity index (χ3n) is 6.09. The molecule has 0 saturated carbocycles. The van der Waals surface area contributed by atoms with Crippen molar-refractivity contribution in [1.29, 1.82) is 0 Å². The molecule has 0 fully saturated rings. The van der Waals surface area contributed by atoms with Crippen LogP contribution in [0.2, 0.25) is 5.02 Å². The number of aliphatic hydroxyl groups is 1. The number of halogens is 1. The van der Waals surface area contributed by atoms with Crippen LogP contribution in [0.15, 0.2) is 48.7 Å². The molecule has 1 aromatic heterocycles. The fourth-order valence-corrected chi connectivity index (χ4v) is 5.38. The van der Waals surface area contributed by atoms with Crippen molar-refractivity contribution in [3.05, 3.63) is 70.6 Å². The Balaban J connectivity index is 1.69. The Kier molecular flexibility index (Phi) is 10.1. The first-order valence-corrected chi connectivity index (χ1v) is 14.8. The minimum Gasteiger partial charge on any atom is -0.489 e. The van der Waals surface area contributed by atoms with E-state index in [-0.39, 0.29) is 30.8 Å². The number of aryl methyl sites for hydroxylation is 1. The Bertz CT molecular complexity index is 1350. The number of carbonyl (C=O) groups excluding carboxylic acids is 1. The van der Waals surface area contributed by atoms with Gasteiger partial charge in [0.25, 0.3) is 0 Å². The number of Topliss-reactive ketones (excluding diaryl/α,β-unsaturated/α-hetero) is 1. The van der Waals surface area contributed by atoms with Gasteiger partial charge in [-0.05, 0) is 63.3 Å². The second-order valence-corrected chi connectivity index (χ2v) is 12.1. The van der Waals surface area contributed by atoms with E-state index in [0.29, 0.717) is 35.0 Å². The number of hydrogen-bond acceptors (Lipinski definition) is 6. The largest absolute Gasteiger partial charge is 0.489 e. The summed E-state index contributed by atoms with van der Waals surface area (Å²) in [7, 11) is -1.53. The van der Waals surface area contributed by atoms with Gasteiger partial charge >= 0.3 is 0 Å². The smallest absolute Gasteiger partial charge is 0.209 e. The van der Waals surface area contributed by atoms with Gasteiger partial charge in [0.15, 0.2) is 5.78 Å². The first-order chi connectivity index (χ1) is 17.9. The van der Waals surface area contributed by atoms with Crippen LogP contribution in [0.5, 0.6) is 5.75 Å². The highest BCUT2D eigenvalue weighted by Gasteiger charge is 2.19. The zero-order valence-electron chi connectivity index (χ0n) is 22.4. The van der Waals surface area contributed by atoms with Crippen LogP contribution < -0.4 is 9.46 Å². The highest BCUT2D eigenvalue weighted by Crippen LogP contribution is 2.29. The lowest BCUT2D eigenvalue weighted by atomic mass is 9.89. The minimum absolute atomic E-state index is 0.00559. The number of aromatic nitrogens is 2. The van der Waals surface area contributed by atoms with Crippen LogP contribution >= 0.6 is 11.6 Å². The minimum atomic E-state index is -3.36. The van der Waals surface area contributed by atoms with E-state index in [9.17, 15) is 18.3 Å². The normalized spacial score (nSPS) is 13.5. The van der Waals surface area contributed by atoms with E-state index >= 15 is 0 Å². The number of nitrogens with one attached hydrogen (secondary N) is 1. The molecule has 38 heavy (non-hydrogen) atoms. The molecule has 0 saturated heterocycles. The molecule has 3 rings (SSSR count). The van der Waals surface area contributed by atoms with E-state index in [1.807, 2.05) is 55.9 Å². The van der Waals surface area contributed by atoms with Gasteiger partial charge in [-0.15, -0.1) is 0 Å². The topological polar surface area (TPSA) is 111 Å². The second kappa shape index (κ2) is 12.9. The summed E-state index contributed by atoms with van der Waals surface area (Å²) in [5.41, 5.74) is 3.20. The summed E-state index contributed by atoms with van der Waals surface area (Å²) in [6, 6.07) is 12.5. The van der Waals surface area contributed by atoms with Crippen molar-refractivity contribution in [2.45, 2.75) is 52.2 Å². The average molecular weight is 562 g/mol. The maximum atomic E-state index is 13.0. The number of ketones is 1. The van der Waals surface area contributed by atoms with Crippen molar-refractivity contribution >= 4 is 27.4 Å². The number of rotatable bonds is 13. The van der Waals surface area contributed by atoms with Gasteiger partial charge in [-0.1, -0.05) is 35.9 Å². The number of carbonyl (C=O) groups is 1. The summed E-state index contributed by atoms with van der Waals surface area (Å²) >= 11 is 6.31. The molecule has 1 unspecified atom stereocenters. The molecule has 0 spiro atoms. The molecule has 3 aromatic rings. The number of aliphatic hydroxyl groups excluding tert-OH is 1. The Morgan fingerprint density at radius 3 is 2.42 bits per heavy atom. The monoisotopic (exact) mass is 561 g/mol. The van der Waals surface area contributed by atoms with E-state index in [2.05, 4.69) is 9.71 Å². The zero-order valence-corrected chi connectivity index (χ0v) is 24.0. The Morgan fingerprint density at radius 1 is 1.16 bits per heavy atom. The number of hydrogen-bond donors (Lipinski definition) is 2. The summed E-state index contributed by atoms with van der Waals surface area (Å²) in [5.74, 6) is 1.09. The van der Waals surface area contributed by atoms with Crippen LogP contribution in [-0.4, -0.2) is 47.8 Å². The Morgan fingerprint density at radius 2 is 1.84 bits per heavy atom. The first-order valence-electron chi connectivity index (χ1n) is 12.6. The SMILES string of the molecule is CC(C)Oc1ccc(C(=O)C[C@H](CCO)Cc2ccc(-c3cn(C)c(C(C)NS(C)(=O)=O)n3)cc2)cc1Cl. The van der Waals surface area contributed by atoms with Crippen molar-refractivity contribution in [3.8, 4) is 17.0 Å². The molecule has 2 N–H and O–H groups in total. The fourth-order valence-electron chi connectivity index (χ4n) is 4.40. The van der Waals surface area contributed by atoms with Gasteiger partial charge in [0.05, 0.1) is 29.1 Å². The number of benzene rings is 2. The van der Waals surface area contributed by atoms with Gasteiger partial charge in [-0.25, -0.2) is 18.1 Å². The number of ether oxygens (including phenoxy) is 1. The quantitative estimate of drug-likeness (QED) is 0.286. The van der Waals surface area contributed by atoms with Crippen LogP contribution in [0, 0.1) is 5.92 Å². The van der Waals surface area contributed by atoms with Gasteiger partial charge in [0, 0.05) is 37.4 Å². The molecule has 1 heterocycles. The zero-order chi connectivity index (χ0) is 28.0. The van der Waals surface area contributed by atoms with Gasteiger partial charge < -0.3 is 14.4 Å². The molecular weight excluding hydrogens is 526 g/mol. The molecule has 2 aromatic carbocycles. The van der Waals surface area contributed by atoms with Crippen LogP contribution in [0.1, 0.15) is 61.4 Å². The molecule has 10 heteroatoms. The maximum Gasteiger partial charge on any atom is 0.209 e. The van der Waals surface area contributed by atoms with Crippen molar-refractivity contribution in [2.24, 2.45) is 13.0 Å². The number of imidazole rings is 1. The third kappa shape index (κ3) is 8.39. The van der Waals surface area contributed by atoms with Gasteiger partial charge in [0.2, 0.25) is 10.0 Å². The summed E-state index contributed by atoms with van der Waals surface area (Å²) in [4.78, 5) is 17.6. The summed E-state index contributed by atoms with van der Waals surface area (Å²) in [6.07, 6.45) is 4.40. The number of nitrogens with zero attached hydrogens (tertiary/aromatic N) is 2. The Hall–Kier alpha value is -2.72. The third-order valence-corrected chi connectivity index (χ3v) is 7.17. The predicted octanol–water partition coefficient (Wildman–Crippen LogP) is 4.95. The van der Waals surface area contributed by atoms with E-state index in [1.54, 1.807) is 25.1 Å². The summed E-state index contributed by atoms with van der Waals surface area (Å²) < 4.78 is 33.2. The maximum absolute atomic E-state index is 13.0. The Labute approximate surface area is 230 Å². The molecule has 0 aliphatic heterocycles. The molecule has 0 bridgehead atoms. The van der Waals surface area contributed by atoms with Crippen LogP contribution in [0.3, 0.4) is 0 Å². The van der Waals surface area contributed by atoms with Gasteiger partial charge in [-0.3, -0.25) is 4.79 Å². The molecule has 0 radical (unpaired) electrons. The van der Waals surface area contributed by atoms with Gasteiger partial charge in [-0.2, -0.15) is 0 Å².